The van der Waals surface area contributed by atoms with Crippen LogP contribution in [0.4, 0.5) is 0 Å². The molecule has 0 bridgehead atoms. The molecule has 4 unspecified atom stereocenters. The van der Waals surface area contributed by atoms with Gasteiger partial charge in [0.25, 0.3) is 0 Å². The molecule has 296 valence electrons. The van der Waals surface area contributed by atoms with Gasteiger partial charge in [-0.3, -0.25) is 0 Å². The summed E-state index contributed by atoms with van der Waals surface area (Å²) in [4.78, 5) is 10.6. The number of rotatable bonds is 8. The van der Waals surface area contributed by atoms with Gasteiger partial charge in [-0.15, -0.1) is 0 Å². The molecular weight excluding hydrogens is 751 g/mol. The van der Waals surface area contributed by atoms with Crippen molar-refractivity contribution in [3.63, 3.8) is 0 Å². The van der Waals surface area contributed by atoms with Crippen LogP contribution in [0.5, 0.6) is 0 Å². The lowest BCUT2D eigenvalue weighted by atomic mass is 9.68. The summed E-state index contributed by atoms with van der Waals surface area (Å²) in [5, 5.41) is 3.78. The second-order valence-corrected chi connectivity index (χ2v) is 16.7. The second kappa shape index (κ2) is 15.8. The van der Waals surface area contributed by atoms with Crippen molar-refractivity contribution < 1.29 is 0 Å². The number of benzene rings is 8. The molecule has 3 heteroatoms. The van der Waals surface area contributed by atoms with E-state index >= 15 is 0 Å². The fourth-order valence-corrected chi connectivity index (χ4v) is 9.75. The van der Waals surface area contributed by atoms with Crippen molar-refractivity contribution in [2.24, 2.45) is 15.9 Å². The molecule has 62 heavy (non-hydrogen) atoms. The van der Waals surface area contributed by atoms with Gasteiger partial charge in [-0.2, -0.15) is 0 Å². The maximum atomic E-state index is 5.31. The lowest BCUT2D eigenvalue weighted by Gasteiger charge is -2.34. The van der Waals surface area contributed by atoms with E-state index in [4.69, 9.17) is 9.98 Å². The van der Waals surface area contributed by atoms with Crippen LogP contribution < -0.4 is 5.32 Å². The van der Waals surface area contributed by atoms with E-state index in [-0.39, 0.29) is 11.6 Å². The molecule has 1 heterocycles. The third-order valence-corrected chi connectivity index (χ3v) is 13.2. The van der Waals surface area contributed by atoms with Gasteiger partial charge in [0.05, 0.1) is 0 Å². The summed E-state index contributed by atoms with van der Waals surface area (Å²) in [5.41, 5.74) is 16.5. The lowest BCUT2D eigenvalue weighted by Crippen LogP contribution is -2.34. The Morgan fingerprint density at radius 3 is 1.40 bits per heavy atom. The van der Waals surface area contributed by atoms with E-state index in [2.05, 4.69) is 243 Å². The first kappa shape index (κ1) is 37.4. The SMILES string of the molecule is CC1(c2ccccc2)c2cc(C3=NC(c4ccc(-c5ccc(-c6ccccc6)cc5)cc4)=NC(c4ccc(-c5ccc(-c6ccccc6)cc5)cc4)N3)ccc2C2C=CC=CC21. The van der Waals surface area contributed by atoms with E-state index in [1.54, 1.807) is 0 Å². The molecule has 4 atom stereocenters. The highest BCUT2D eigenvalue weighted by molar-refractivity contribution is 6.13. The molecule has 2 aliphatic carbocycles. The Morgan fingerprint density at radius 2 is 0.871 bits per heavy atom. The zero-order valence-corrected chi connectivity index (χ0v) is 34.6. The topological polar surface area (TPSA) is 36.8 Å². The maximum Gasteiger partial charge on any atom is 0.159 e. The first-order valence-corrected chi connectivity index (χ1v) is 21.6. The maximum absolute atomic E-state index is 5.31. The summed E-state index contributed by atoms with van der Waals surface area (Å²) >= 11 is 0. The first-order valence-electron chi connectivity index (χ1n) is 21.6. The molecule has 0 aromatic heterocycles. The Labute approximate surface area is 364 Å². The van der Waals surface area contributed by atoms with Gasteiger partial charge in [0.2, 0.25) is 0 Å². The molecule has 0 fully saturated rings. The molecule has 11 rings (SSSR count). The van der Waals surface area contributed by atoms with Crippen LogP contribution in [0.2, 0.25) is 0 Å². The van der Waals surface area contributed by atoms with Crippen LogP contribution in [0.15, 0.2) is 241 Å². The summed E-state index contributed by atoms with van der Waals surface area (Å²) in [6.07, 6.45) is 8.85. The zero-order chi connectivity index (χ0) is 41.5. The number of allylic oxidation sites excluding steroid dienone is 4. The van der Waals surface area contributed by atoms with Crippen LogP contribution in [0.1, 0.15) is 52.4 Å². The molecule has 1 N–H and O–H groups in total. The molecule has 3 aliphatic rings. The molecular formula is C59H45N3. The molecule has 8 aromatic carbocycles. The van der Waals surface area contributed by atoms with E-state index < -0.39 is 0 Å². The Kier molecular flexibility index (Phi) is 9.51. The van der Waals surface area contributed by atoms with Crippen LogP contribution in [-0.2, 0) is 5.41 Å². The molecule has 0 saturated carbocycles. The number of nitrogens with zero attached hydrogens (tertiary/aromatic N) is 2. The van der Waals surface area contributed by atoms with E-state index in [0.29, 0.717) is 17.7 Å². The minimum atomic E-state index is -0.334. The van der Waals surface area contributed by atoms with Crippen LogP contribution in [0.25, 0.3) is 44.5 Å². The number of fused-ring (bicyclic) bond motifs is 3. The van der Waals surface area contributed by atoms with E-state index in [0.717, 1.165) is 33.7 Å². The lowest BCUT2D eigenvalue weighted by molar-refractivity contribution is 0.426. The Bertz CT molecular complexity index is 3000. The van der Waals surface area contributed by atoms with Crippen LogP contribution in [0, 0.1) is 5.92 Å². The van der Waals surface area contributed by atoms with Gasteiger partial charge < -0.3 is 5.32 Å². The van der Waals surface area contributed by atoms with Crippen molar-refractivity contribution in [1.29, 1.82) is 0 Å². The van der Waals surface area contributed by atoms with Crippen molar-refractivity contribution in [3.05, 3.63) is 264 Å². The smallest absolute Gasteiger partial charge is 0.159 e. The Balaban J connectivity index is 0.945. The summed E-state index contributed by atoms with van der Waals surface area (Å²) in [7, 11) is 0. The standard InChI is InChI=1S/C59H45N3/c1-59(51-17-9-4-10-18-51)54-20-12-11-19-52(54)53-38-37-50(39-55(53)59)58-61-56(48-33-29-46(30-34-48)44-25-21-42(22-26-44)40-13-5-2-6-14-40)60-57(62-58)49-35-31-47(32-36-49)45-27-23-43(24-28-45)41-15-7-3-8-16-41/h2-39,52,54,56H,1H3,(H,60,61,62). The third kappa shape index (κ3) is 6.82. The normalized spacial score (nSPS) is 19.8. The summed E-state index contributed by atoms with van der Waals surface area (Å²) in [6.45, 7) is 2.42. The number of nitrogens with one attached hydrogen (secondary N) is 1. The van der Waals surface area contributed by atoms with Crippen LogP contribution in [-0.4, -0.2) is 11.7 Å². The molecule has 1 aliphatic heterocycles. The van der Waals surface area contributed by atoms with Crippen molar-refractivity contribution in [1.82, 2.24) is 5.32 Å². The van der Waals surface area contributed by atoms with Gasteiger partial charge in [-0.1, -0.05) is 231 Å². The fraction of sp³-hybridized carbons (Fsp3) is 0.0847. The molecule has 0 spiro atoms. The highest BCUT2D eigenvalue weighted by Gasteiger charge is 2.48. The predicted octanol–water partition coefficient (Wildman–Crippen LogP) is 14.0. The molecule has 0 saturated heterocycles. The van der Waals surface area contributed by atoms with Crippen LogP contribution >= 0.6 is 0 Å². The third-order valence-electron chi connectivity index (χ3n) is 13.2. The van der Waals surface area contributed by atoms with Gasteiger partial charge in [0.1, 0.15) is 12.0 Å². The number of aliphatic imine (C=N–C) groups is 2. The first-order chi connectivity index (χ1) is 30.6. The van der Waals surface area contributed by atoms with E-state index in [9.17, 15) is 0 Å². The number of hydrogen-bond acceptors (Lipinski definition) is 3. The molecule has 3 nitrogen and oxygen atoms in total. The van der Waals surface area contributed by atoms with E-state index in [1.165, 1.54) is 50.1 Å². The average Bonchev–Trinajstić information content (AvgIpc) is 3.62. The van der Waals surface area contributed by atoms with Gasteiger partial charge in [-0.05, 0) is 72.8 Å². The number of hydrogen-bond donors (Lipinski definition) is 1. The summed E-state index contributed by atoms with van der Waals surface area (Å²) in [6, 6.07) is 74.1. The monoisotopic (exact) mass is 795 g/mol. The quantitative estimate of drug-likeness (QED) is 0.163. The average molecular weight is 796 g/mol. The summed E-state index contributed by atoms with van der Waals surface area (Å²) < 4.78 is 0. The summed E-state index contributed by atoms with van der Waals surface area (Å²) in [5.74, 6) is 2.18. The zero-order valence-electron chi connectivity index (χ0n) is 34.6. The largest absolute Gasteiger partial charge is 0.344 e. The van der Waals surface area contributed by atoms with Crippen molar-refractivity contribution in [2.75, 3.05) is 0 Å². The fourth-order valence-electron chi connectivity index (χ4n) is 9.75. The van der Waals surface area contributed by atoms with Crippen LogP contribution in [0.3, 0.4) is 0 Å². The van der Waals surface area contributed by atoms with Crippen molar-refractivity contribution in [3.8, 4) is 44.5 Å². The predicted molar refractivity (Wildman–Crippen MR) is 257 cm³/mol. The van der Waals surface area contributed by atoms with Gasteiger partial charge >= 0.3 is 0 Å². The van der Waals surface area contributed by atoms with Gasteiger partial charge in [-0.25, -0.2) is 9.98 Å². The highest BCUT2D eigenvalue weighted by Crippen LogP contribution is 2.56. The van der Waals surface area contributed by atoms with E-state index in [1.807, 2.05) is 0 Å². The number of amidine groups is 2. The molecule has 0 radical (unpaired) electrons. The minimum absolute atomic E-state index is 0.200. The highest BCUT2D eigenvalue weighted by atomic mass is 15.2. The molecule has 8 aromatic rings. The van der Waals surface area contributed by atoms with Gasteiger partial charge in [0.15, 0.2) is 5.84 Å². The Morgan fingerprint density at radius 1 is 0.435 bits per heavy atom. The minimum Gasteiger partial charge on any atom is -0.344 e. The molecule has 0 amide bonds. The van der Waals surface area contributed by atoms with Crippen molar-refractivity contribution >= 4 is 11.7 Å². The second-order valence-electron chi connectivity index (χ2n) is 16.7. The van der Waals surface area contributed by atoms with Crippen molar-refractivity contribution in [2.45, 2.75) is 24.4 Å². The van der Waals surface area contributed by atoms with Gasteiger partial charge in [0, 0.05) is 28.4 Å². The Hall–Kier alpha value is -7.62.